The maximum atomic E-state index is 12.5. The fourth-order valence-electron chi connectivity index (χ4n) is 3.27. The third-order valence-corrected chi connectivity index (χ3v) is 4.45. The Bertz CT molecular complexity index is 497. The molecule has 1 aromatic rings. The molecule has 2 N–H and O–H groups in total. The molecule has 0 unspecified atom stereocenters. The van der Waals surface area contributed by atoms with Gasteiger partial charge in [-0.3, -0.25) is 5.10 Å². The number of urea groups is 1. The van der Waals surface area contributed by atoms with E-state index in [1.807, 2.05) is 11.8 Å². The fraction of sp³-hybridized carbons (Fsp3) is 0.786. The van der Waals surface area contributed by atoms with Crippen LogP contribution in [0.15, 0.2) is 0 Å². The van der Waals surface area contributed by atoms with Crippen LogP contribution in [0.3, 0.4) is 0 Å². The largest absolute Gasteiger partial charge is 0.380 e. The van der Waals surface area contributed by atoms with Crippen LogP contribution in [0, 0.1) is 6.92 Å². The van der Waals surface area contributed by atoms with Gasteiger partial charge in [-0.2, -0.15) is 5.10 Å². The second kappa shape index (κ2) is 6.01. The van der Waals surface area contributed by atoms with E-state index in [2.05, 4.69) is 20.5 Å². The summed E-state index contributed by atoms with van der Waals surface area (Å²) in [7, 11) is 1.68. The van der Waals surface area contributed by atoms with Crippen molar-refractivity contribution in [3.05, 3.63) is 11.6 Å². The highest BCUT2D eigenvalue weighted by Gasteiger charge is 2.39. The molecule has 1 aliphatic carbocycles. The summed E-state index contributed by atoms with van der Waals surface area (Å²) in [5.41, 5.74) is 0. The SMILES string of the molecule is CO[C@H]1C[C@@H](c2n[nH]c(C)n2)N(C(=O)NC2CCCC2)C1. The molecule has 2 amide bonds. The highest BCUT2D eigenvalue weighted by Crippen LogP contribution is 2.31. The molecule has 0 radical (unpaired) electrons. The molecule has 1 saturated heterocycles. The molecule has 2 aliphatic rings. The van der Waals surface area contributed by atoms with Gasteiger partial charge in [-0.15, -0.1) is 0 Å². The summed E-state index contributed by atoms with van der Waals surface area (Å²) in [6.07, 6.45) is 5.36. The zero-order valence-electron chi connectivity index (χ0n) is 12.6. The Labute approximate surface area is 124 Å². The molecule has 2 heterocycles. The normalized spacial score (nSPS) is 26.5. The number of amides is 2. The average Bonchev–Trinajstić information content (AvgIpc) is 3.17. The van der Waals surface area contributed by atoms with Crippen molar-refractivity contribution in [1.82, 2.24) is 25.4 Å². The van der Waals surface area contributed by atoms with Gasteiger partial charge in [-0.05, 0) is 19.8 Å². The molecule has 1 saturated carbocycles. The number of aryl methyl sites for hydroxylation is 1. The molecular weight excluding hydrogens is 270 g/mol. The summed E-state index contributed by atoms with van der Waals surface area (Å²) >= 11 is 0. The molecular formula is C14H23N5O2. The third kappa shape index (κ3) is 3.02. The number of hydrogen-bond donors (Lipinski definition) is 2. The van der Waals surface area contributed by atoms with Crippen molar-refractivity contribution in [3.63, 3.8) is 0 Å². The van der Waals surface area contributed by atoms with Gasteiger partial charge >= 0.3 is 6.03 Å². The van der Waals surface area contributed by atoms with E-state index in [1.54, 1.807) is 7.11 Å². The summed E-state index contributed by atoms with van der Waals surface area (Å²) in [5, 5.41) is 10.2. The first-order valence-electron chi connectivity index (χ1n) is 7.66. The first-order valence-corrected chi connectivity index (χ1v) is 7.66. The van der Waals surface area contributed by atoms with Crippen molar-refractivity contribution < 1.29 is 9.53 Å². The van der Waals surface area contributed by atoms with Gasteiger partial charge in [0.1, 0.15) is 5.82 Å². The topological polar surface area (TPSA) is 83.1 Å². The monoisotopic (exact) mass is 293 g/mol. The standard InChI is InChI=1S/C14H23N5O2/c1-9-15-13(18-17-9)12-7-11(21-2)8-19(12)14(20)16-10-5-3-4-6-10/h10-12H,3-8H2,1-2H3,(H,16,20)(H,15,17,18)/t11-,12-/m0/s1. The van der Waals surface area contributed by atoms with Gasteiger partial charge in [0.05, 0.1) is 12.1 Å². The van der Waals surface area contributed by atoms with Gasteiger partial charge in [0.15, 0.2) is 5.82 Å². The Hall–Kier alpha value is -1.63. The van der Waals surface area contributed by atoms with E-state index in [-0.39, 0.29) is 18.2 Å². The Kier molecular flexibility index (Phi) is 4.10. The Morgan fingerprint density at radius 2 is 2.19 bits per heavy atom. The first-order chi connectivity index (χ1) is 10.2. The number of nitrogens with zero attached hydrogens (tertiary/aromatic N) is 3. The van der Waals surface area contributed by atoms with Crippen LogP contribution < -0.4 is 5.32 Å². The number of carbonyl (C=O) groups is 1. The minimum Gasteiger partial charge on any atom is -0.380 e. The van der Waals surface area contributed by atoms with Crippen molar-refractivity contribution in [2.24, 2.45) is 0 Å². The van der Waals surface area contributed by atoms with E-state index < -0.39 is 0 Å². The number of likely N-dealkylation sites (tertiary alicyclic amines) is 1. The second-order valence-corrected chi connectivity index (χ2v) is 5.97. The molecule has 7 nitrogen and oxygen atoms in total. The van der Waals surface area contributed by atoms with Crippen molar-refractivity contribution in [1.29, 1.82) is 0 Å². The molecule has 0 spiro atoms. The summed E-state index contributed by atoms with van der Waals surface area (Å²) in [5.74, 6) is 1.44. The van der Waals surface area contributed by atoms with Crippen LogP contribution in [0.4, 0.5) is 4.79 Å². The summed E-state index contributed by atoms with van der Waals surface area (Å²) < 4.78 is 5.43. The maximum Gasteiger partial charge on any atom is 0.318 e. The Morgan fingerprint density at radius 3 is 2.81 bits per heavy atom. The molecule has 1 aliphatic heterocycles. The van der Waals surface area contributed by atoms with Crippen molar-refractivity contribution in [3.8, 4) is 0 Å². The van der Waals surface area contributed by atoms with Crippen LogP contribution in [0.2, 0.25) is 0 Å². The summed E-state index contributed by atoms with van der Waals surface area (Å²) in [6, 6.07) is 0.184. The molecule has 3 rings (SSSR count). The number of ether oxygens (including phenoxy) is 1. The molecule has 2 atom stereocenters. The van der Waals surface area contributed by atoms with Gasteiger partial charge in [-0.1, -0.05) is 12.8 Å². The number of nitrogens with one attached hydrogen (secondary N) is 2. The van der Waals surface area contributed by atoms with Crippen LogP contribution in [0.5, 0.6) is 0 Å². The zero-order chi connectivity index (χ0) is 14.8. The van der Waals surface area contributed by atoms with Crippen LogP contribution in [0.25, 0.3) is 0 Å². The number of hydrogen-bond acceptors (Lipinski definition) is 4. The number of H-pyrrole nitrogens is 1. The number of carbonyl (C=O) groups excluding carboxylic acids is 1. The number of aromatic amines is 1. The lowest BCUT2D eigenvalue weighted by atomic mass is 10.2. The molecule has 0 bridgehead atoms. The van der Waals surface area contributed by atoms with Gasteiger partial charge in [0.2, 0.25) is 0 Å². The molecule has 7 heteroatoms. The lowest BCUT2D eigenvalue weighted by Gasteiger charge is -2.24. The van der Waals surface area contributed by atoms with Gasteiger partial charge in [-0.25, -0.2) is 9.78 Å². The number of methoxy groups -OCH3 is 1. The van der Waals surface area contributed by atoms with Crippen molar-refractivity contribution in [2.75, 3.05) is 13.7 Å². The van der Waals surface area contributed by atoms with Crippen molar-refractivity contribution >= 4 is 6.03 Å². The maximum absolute atomic E-state index is 12.5. The van der Waals surface area contributed by atoms with E-state index in [4.69, 9.17) is 4.74 Å². The van der Waals surface area contributed by atoms with Gasteiger partial charge in [0.25, 0.3) is 0 Å². The first kappa shape index (κ1) is 14.3. The van der Waals surface area contributed by atoms with Crippen LogP contribution in [-0.4, -0.2) is 51.9 Å². The van der Waals surface area contributed by atoms with E-state index in [0.29, 0.717) is 18.4 Å². The van der Waals surface area contributed by atoms with E-state index in [0.717, 1.165) is 25.1 Å². The average molecular weight is 293 g/mol. The highest BCUT2D eigenvalue weighted by atomic mass is 16.5. The molecule has 21 heavy (non-hydrogen) atoms. The molecule has 2 fully saturated rings. The second-order valence-electron chi connectivity index (χ2n) is 5.97. The lowest BCUT2D eigenvalue weighted by Crippen LogP contribution is -2.44. The predicted octanol–water partition coefficient (Wildman–Crippen LogP) is 1.53. The quantitative estimate of drug-likeness (QED) is 0.885. The van der Waals surface area contributed by atoms with Crippen LogP contribution in [-0.2, 0) is 4.74 Å². The van der Waals surface area contributed by atoms with E-state index in [9.17, 15) is 4.79 Å². The minimum absolute atomic E-state index is 0.0195. The minimum atomic E-state index is -0.110. The van der Waals surface area contributed by atoms with Gasteiger partial charge in [0, 0.05) is 26.1 Å². The smallest absolute Gasteiger partial charge is 0.318 e. The van der Waals surface area contributed by atoms with Crippen LogP contribution in [0.1, 0.15) is 49.8 Å². The summed E-state index contributed by atoms with van der Waals surface area (Å²) in [4.78, 5) is 18.7. The third-order valence-electron chi connectivity index (χ3n) is 4.45. The predicted molar refractivity (Wildman–Crippen MR) is 76.8 cm³/mol. The van der Waals surface area contributed by atoms with Crippen molar-refractivity contribution in [2.45, 2.75) is 57.2 Å². The van der Waals surface area contributed by atoms with E-state index in [1.165, 1.54) is 12.8 Å². The molecule has 0 aromatic carbocycles. The molecule has 116 valence electrons. The van der Waals surface area contributed by atoms with E-state index >= 15 is 0 Å². The van der Waals surface area contributed by atoms with Gasteiger partial charge < -0.3 is 15.0 Å². The Balaban J connectivity index is 1.72. The fourth-order valence-corrected chi connectivity index (χ4v) is 3.27. The molecule has 1 aromatic heterocycles. The number of rotatable bonds is 3. The highest BCUT2D eigenvalue weighted by molar-refractivity contribution is 5.75. The number of aromatic nitrogens is 3. The Morgan fingerprint density at radius 1 is 1.43 bits per heavy atom. The van der Waals surface area contributed by atoms with Crippen LogP contribution >= 0.6 is 0 Å². The lowest BCUT2D eigenvalue weighted by molar-refractivity contribution is 0.110. The zero-order valence-corrected chi connectivity index (χ0v) is 12.6. The summed E-state index contributed by atoms with van der Waals surface area (Å²) in [6.45, 7) is 2.45.